The van der Waals surface area contributed by atoms with Gasteiger partial charge in [0.15, 0.2) is 0 Å². The van der Waals surface area contributed by atoms with E-state index in [2.05, 4.69) is 0 Å². The third kappa shape index (κ3) is 2.76. The molecule has 0 amide bonds. The second-order valence-corrected chi connectivity index (χ2v) is 5.79. The first-order valence-corrected chi connectivity index (χ1v) is 7.66. The number of benzene rings is 1. The van der Waals surface area contributed by atoms with Crippen LogP contribution in [0.2, 0.25) is 5.02 Å². The number of carbonyl (C=O) groups excluding carboxylic acids is 1. The maximum Gasteiger partial charge on any atom is 0.349 e. The predicted molar refractivity (Wildman–Crippen MR) is 75.5 cm³/mol. The lowest BCUT2D eigenvalue weighted by Crippen LogP contribution is -2.06. The van der Waals surface area contributed by atoms with Crippen LogP contribution in [0.1, 0.15) is 9.67 Å². The molecule has 0 radical (unpaired) electrons. The van der Waals surface area contributed by atoms with Crippen LogP contribution in [0.4, 0.5) is 0 Å². The van der Waals surface area contributed by atoms with Crippen LogP contribution in [0.25, 0.3) is 10.1 Å². The summed E-state index contributed by atoms with van der Waals surface area (Å²) < 4.78 is 6.15. The molecule has 0 aliphatic heterocycles. The van der Waals surface area contributed by atoms with Crippen LogP contribution < -0.4 is 0 Å². The maximum atomic E-state index is 11.8. The predicted octanol–water partition coefficient (Wildman–Crippen LogP) is 4.07. The first-order valence-electron chi connectivity index (χ1n) is 5.07. The molecule has 90 valence electrons. The molecule has 5 heteroatoms. The fraction of sp³-hybridized carbons (Fsp3) is 0.250. The molecule has 1 heterocycles. The van der Waals surface area contributed by atoms with Crippen molar-refractivity contribution in [2.24, 2.45) is 0 Å². The fourth-order valence-corrected chi connectivity index (χ4v) is 3.08. The van der Waals surface area contributed by atoms with Gasteiger partial charge in [-0.2, -0.15) is 11.8 Å². The molecule has 0 atom stereocenters. The van der Waals surface area contributed by atoms with Gasteiger partial charge in [-0.1, -0.05) is 29.8 Å². The lowest BCUT2D eigenvalue weighted by atomic mass is 10.2. The summed E-state index contributed by atoms with van der Waals surface area (Å²) in [5, 5.41) is 1.41. The fourth-order valence-electron chi connectivity index (χ4n) is 1.43. The topological polar surface area (TPSA) is 26.3 Å². The van der Waals surface area contributed by atoms with Crippen LogP contribution in [-0.4, -0.2) is 24.6 Å². The molecule has 0 saturated carbocycles. The smallest absolute Gasteiger partial charge is 0.349 e. The molecule has 0 N–H and O–H groups in total. The van der Waals surface area contributed by atoms with E-state index < -0.39 is 0 Å². The van der Waals surface area contributed by atoms with Gasteiger partial charge in [0.05, 0.1) is 5.02 Å². The average Bonchev–Trinajstić information content (AvgIpc) is 2.68. The van der Waals surface area contributed by atoms with E-state index in [4.69, 9.17) is 16.3 Å². The third-order valence-electron chi connectivity index (χ3n) is 2.24. The van der Waals surface area contributed by atoms with Gasteiger partial charge in [0.25, 0.3) is 0 Å². The molecule has 0 aliphatic rings. The summed E-state index contributed by atoms with van der Waals surface area (Å²) in [5.74, 6) is 0.471. The Hall–Kier alpha value is -0.710. The number of ether oxygens (including phenoxy) is 1. The van der Waals surface area contributed by atoms with E-state index in [0.717, 1.165) is 15.8 Å². The number of hydrogen-bond acceptors (Lipinski definition) is 4. The molecule has 2 aromatic rings. The van der Waals surface area contributed by atoms with Crippen LogP contribution in [0, 0.1) is 0 Å². The van der Waals surface area contributed by atoms with Gasteiger partial charge in [-0.3, -0.25) is 0 Å². The molecule has 17 heavy (non-hydrogen) atoms. The number of hydrogen-bond donors (Lipinski definition) is 0. The number of thioether (sulfide) groups is 1. The first kappa shape index (κ1) is 12.7. The molecule has 1 aromatic heterocycles. The zero-order valence-electron chi connectivity index (χ0n) is 9.23. The number of fused-ring (bicyclic) bond motifs is 1. The van der Waals surface area contributed by atoms with E-state index in [9.17, 15) is 4.79 Å². The highest BCUT2D eigenvalue weighted by molar-refractivity contribution is 7.98. The van der Waals surface area contributed by atoms with E-state index >= 15 is 0 Å². The molecule has 0 unspecified atom stereocenters. The second kappa shape index (κ2) is 5.76. The highest BCUT2D eigenvalue weighted by Crippen LogP contribution is 2.35. The van der Waals surface area contributed by atoms with Crippen molar-refractivity contribution in [3.63, 3.8) is 0 Å². The molecular formula is C12H11ClO2S2. The van der Waals surface area contributed by atoms with Crippen molar-refractivity contribution in [3.05, 3.63) is 34.2 Å². The van der Waals surface area contributed by atoms with E-state index in [1.807, 2.05) is 30.5 Å². The van der Waals surface area contributed by atoms with E-state index in [-0.39, 0.29) is 5.97 Å². The van der Waals surface area contributed by atoms with Gasteiger partial charge in [-0.15, -0.1) is 11.3 Å². The molecule has 0 aliphatic carbocycles. The molecule has 0 spiro atoms. The van der Waals surface area contributed by atoms with Gasteiger partial charge in [0.2, 0.25) is 0 Å². The van der Waals surface area contributed by atoms with Gasteiger partial charge in [0, 0.05) is 15.8 Å². The Kier molecular flexibility index (Phi) is 4.31. The third-order valence-corrected chi connectivity index (χ3v) is 4.47. The standard InChI is InChI=1S/C12H11ClO2S2/c1-16-7-6-15-12(14)11-10(13)8-4-2-3-5-9(8)17-11/h2-5H,6-7H2,1H3. The molecule has 2 rings (SSSR count). The summed E-state index contributed by atoms with van der Waals surface area (Å²) in [6.07, 6.45) is 1.97. The van der Waals surface area contributed by atoms with Crippen molar-refractivity contribution in [1.29, 1.82) is 0 Å². The van der Waals surface area contributed by atoms with Crippen molar-refractivity contribution in [1.82, 2.24) is 0 Å². The first-order chi connectivity index (χ1) is 8.24. The molecule has 2 nitrogen and oxygen atoms in total. The van der Waals surface area contributed by atoms with Gasteiger partial charge in [0.1, 0.15) is 11.5 Å². The van der Waals surface area contributed by atoms with Crippen LogP contribution in [-0.2, 0) is 4.74 Å². The summed E-state index contributed by atoms with van der Waals surface area (Å²) in [7, 11) is 0. The Bertz CT molecular complexity index is 536. The molecule has 0 fully saturated rings. The minimum atomic E-state index is -0.328. The average molecular weight is 287 g/mol. The van der Waals surface area contributed by atoms with E-state index in [1.165, 1.54) is 11.3 Å². The molecule has 0 bridgehead atoms. The lowest BCUT2D eigenvalue weighted by molar-refractivity contribution is 0.0536. The van der Waals surface area contributed by atoms with Crippen LogP contribution in [0.3, 0.4) is 0 Å². The highest BCUT2D eigenvalue weighted by atomic mass is 35.5. The minimum absolute atomic E-state index is 0.328. The van der Waals surface area contributed by atoms with E-state index in [1.54, 1.807) is 11.8 Å². The van der Waals surface area contributed by atoms with Crippen molar-refractivity contribution >= 4 is 50.8 Å². The summed E-state index contributed by atoms with van der Waals surface area (Å²) in [4.78, 5) is 12.3. The largest absolute Gasteiger partial charge is 0.461 e. The Balaban J connectivity index is 2.23. The SMILES string of the molecule is CSCCOC(=O)c1sc2ccccc2c1Cl. The minimum Gasteiger partial charge on any atom is -0.461 e. The summed E-state index contributed by atoms with van der Waals surface area (Å²) >= 11 is 9.19. The Morgan fingerprint density at radius 1 is 1.47 bits per heavy atom. The molecule has 1 aromatic carbocycles. The van der Waals surface area contributed by atoms with Crippen molar-refractivity contribution in [3.8, 4) is 0 Å². The zero-order valence-corrected chi connectivity index (χ0v) is 11.6. The number of esters is 1. The number of rotatable bonds is 4. The van der Waals surface area contributed by atoms with E-state index in [0.29, 0.717) is 16.5 Å². The van der Waals surface area contributed by atoms with Gasteiger partial charge >= 0.3 is 5.97 Å². The van der Waals surface area contributed by atoms with Crippen molar-refractivity contribution in [2.45, 2.75) is 0 Å². The van der Waals surface area contributed by atoms with Crippen molar-refractivity contribution < 1.29 is 9.53 Å². The van der Waals surface area contributed by atoms with Crippen LogP contribution in [0.15, 0.2) is 24.3 Å². The summed E-state index contributed by atoms with van der Waals surface area (Å²) in [6.45, 7) is 0.421. The number of carbonyl (C=O) groups is 1. The maximum absolute atomic E-state index is 11.8. The van der Waals surface area contributed by atoms with Crippen LogP contribution in [0.5, 0.6) is 0 Å². The van der Waals surface area contributed by atoms with Crippen LogP contribution >= 0.6 is 34.7 Å². The second-order valence-electron chi connectivity index (χ2n) is 3.37. The Morgan fingerprint density at radius 3 is 2.94 bits per heavy atom. The normalized spacial score (nSPS) is 10.7. The summed E-state index contributed by atoms with van der Waals surface area (Å²) in [5.41, 5.74) is 0. The number of thiophene rings is 1. The summed E-state index contributed by atoms with van der Waals surface area (Å²) in [6, 6.07) is 7.69. The quantitative estimate of drug-likeness (QED) is 0.626. The highest BCUT2D eigenvalue weighted by Gasteiger charge is 2.17. The number of halogens is 1. The Morgan fingerprint density at radius 2 is 2.24 bits per heavy atom. The van der Waals surface area contributed by atoms with Gasteiger partial charge < -0.3 is 4.74 Å². The monoisotopic (exact) mass is 286 g/mol. The van der Waals surface area contributed by atoms with Gasteiger partial charge in [-0.05, 0) is 12.3 Å². The van der Waals surface area contributed by atoms with Gasteiger partial charge in [-0.25, -0.2) is 4.79 Å². The zero-order chi connectivity index (χ0) is 12.3. The molecular weight excluding hydrogens is 276 g/mol. The Labute approximate surface area is 113 Å². The molecule has 0 saturated heterocycles. The van der Waals surface area contributed by atoms with Crippen molar-refractivity contribution in [2.75, 3.05) is 18.6 Å². The lowest BCUT2D eigenvalue weighted by Gasteiger charge is -2.01.